The molecule has 0 spiro atoms. The van der Waals surface area contributed by atoms with Gasteiger partial charge >= 0.3 is 11.9 Å². The molecule has 0 aliphatic carbocycles. The van der Waals surface area contributed by atoms with Crippen LogP contribution in [0.4, 0.5) is 0 Å². The Balaban J connectivity index is 0.000000378. The molecule has 0 radical (unpaired) electrons. The second-order valence-electron chi connectivity index (χ2n) is 5.67. The predicted molar refractivity (Wildman–Crippen MR) is 108 cm³/mol. The number of hydrogen-bond donors (Lipinski definition) is 0. The summed E-state index contributed by atoms with van der Waals surface area (Å²) in [5.74, 6) is -0.668. The molecule has 0 aromatic heterocycles. The van der Waals surface area contributed by atoms with Crippen LogP contribution in [-0.4, -0.2) is 37.9 Å². The van der Waals surface area contributed by atoms with E-state index in [9.17, 15) is 9.59 Å². The Morgan fingerprint density at radius 1 is 1.22 bits per heavy atom. The van der Waals surface area contributed by atoms with E-state index >= 15 is 0 Å². The van der Waals surface area contributed by atoms with E-state index in [-0.39, 0.29) is 18.0 Å². The maximum absolute atomic E-state index is 10.7. The Labute approximate surface area is 162 Å². The van der Waals surface area contributed by atoms with Crippen LogP contribution < -0.4 is 0 Å². The van der Waals surface area contributed by atoms with Gasteiger partial charge in [0.05, 0.1) is 13.2 Å². The van der Waals surface area contributed by atoms with Crippen LogP contribution in [0.15, 0.2) is 61.7 Å². The molecule has 1 aliphatic rings. The van der Waals surface area contributed by atoms with E-state index in [0.717, 1.165) is 12.8 Å². The molecule has 1 aliphatic heterocycles. The van der Waals surface area contributed by atoms with Gasteiger partial charge in [0.1, 0.15) is 12.7 Å². The number of epoxide rings is 1. The number of carbonyl (C=O) groups is 2. The van der Waals surface area contributed by atoms with Gasteiger partial charge in [-0.2, -0.15) is 0 Å². The Bertz CT molecular complexity index is 588. The summed E-state index contributed by atoms with van der Waals surface area (Å²) in [6.45, 7) is 15.6. The zero-order valence-electron chi connectivity index (χ0n) is 16.3. The molecule has 1 heterocycles. The van der Waals surface area contributed by atoms with Gasteiger partial charge in [-0.1, -0.05) is 69.5 Å². The van der Waals surface area contributed by atoms with Crippen molar-refractivity contribution in [1.82, 2.24) is 0 Å². The Morgan fingerprint density at radius 2 is 1.85 bits per heavy atom. The third-order valence-corrected chi connectivity index (χ3v) is 3.10. The Kier molecular flexibility index (Phi) is 14.0. The minimum absolute atomic E-state index is 0.142. The molecule has 1 unspecified atom stereocenters. The minimum Gasteiger partial charge on any atom is -0.463 e. The molecule has 1 fully saturated rings. The maximum atomic E-state index is 10.7. The topological polar surface area (TPSA) is 65.1 Å². The number of rotatable bonds is 8. The van der Waals surface area contributed by atoms with Crippen molar-refractivity contribution in [3.8, 4) is 0 Å². The molecule has 1 saturated heterocycles. The lowest BCUT2D eigenvalue weighted by molar-refractivity contribution is -0.139. The lowest BCUT2D eigenvalue weighted by Crippen LogP contribution is -2.09. The quantitative estimate of drug-likeness (QED) is 0.293. The van der Waals surface area contributed by atoms with Crippen molar-refractivity contribution in [2.24, 2.45) is 0 Å². The fraction of sp³-hybridized carbons (Fsp3) is 0.364. The van der Waals surface area contributed by atoms with Gasteiger partial charge in [-0.05, 0) is 18.9 Å². The molecule has 5 heteroatoms. The van der Waals surface area contributed by atoms with Crippen molar-refractivity contribution in [3.05, 3.63) is 67.3 Å². The van der Waals surface area contributed by atoms with E-state index in [0.29, 0.717) is 25.4 Å². The summed E-state index contributed by atoms with van der Waals surface area (Å²) in [6, 6.07) is 10.0. The van der Waals surface area contributed by atoms with Crippen molar-refractivity contribution in [3.63, 3.8) is 0 Å². The summed E-state index contributed by atoms with van der Waals surface area (Å²) in [5.41, 5.74) is 1.60. The largest absolute Gasteiger partial charge is 0.463 e. The third-order valence-electron chi connectivity index (χ3n) is 3.10. The molecular formula is C22H30O5. The van der Waals surface area contributed by atoms with Gasteiger partial charge in [-0.3, -0.25) is 0 Å². The van der Waals surface area contributed by atoms with E-state index < -0.39 is 0 Å². The number of carbonyl (C=O) groups excluding carboxylic acids is 2. The average molecular weight is 374 g/mol. The van der Waals surface area contributed by atoms with E-state index in [1.54, 1.807) is 6.92 Å². The first-order valence-corrected chi connectivity index (χ1v) is 8.85. The summed E-state index contributed by atoms with van der Waals surface area (Å²) in [7, 11) is 0. The molecule has 0 bridgehead atoms. The fourth-order valence-corrected chi connectivity index (χ4v) is 1.42. The summed E-state index contributed by atoms with van der Waals surface area (Å²) in [4.78, 5) is 21.0. The molecule has 1 atom stereocenters. The Hall–Kier alpha value is -2.66. The van der Waals surface area contributed by atoms with Crippen LogP contribution in [0.25, 0.3) is 6.08 Å². The van der Waals surface area contributed by atoms with E-state index in [4.69, 9.17) is 9.47 Å². The first-order valence-electron chi connectivity index (χ1n) is 8.85. The lowest BCUT2D eigenvalue weighted by Gasteiger charge is -1.99. The number of benzene rings is 1. The highest BCUT2D eigenvalue weighted by atomic mass is 16.6. The second-order valence-corrected chi connectivity index (χ2v) is 5.67. The van der Waals surface area contributed by atoms with Crippen LogP contribution in [0, 0.1) is 0 Å². The van der Waals surface area contributed by atoms with Crippen LogP contribution in [0.5, 0.6) is 0 Å². The monoisotopic (exact) mass is 374 g/mol. The summed E-state index contributed by atoms with van der Waals surface area (Å²) in [6.07, 6.45) is 5.13. The first-order chi connectivity index (χ1) is 12.9. The minimum atomic E-state index is -0.337. The van der Waals surface area contributed by atoms with E-state index in [2.05, 4.69) is 24.5 Å². The van der Waals surface area contributed by atoms with Gasteiger partial charge in [-0.15, -0.1) is 0 Å². The summed E-state index contributed by atoms with van der Waals surface area (Å²) >= 11 is 0. The van der Waals surface area contributed by atoms with Gasteiger partial charge < -0.3 is 14.2 Å². The van der Waals surface area contributed by atoms with Crippen LogP contribution in [0.1, 0.15) is 32.3 Å². The smallest absolute Gasteiger partial charge is 0.333 e. The van der Waals surface area contributed by atoms with Gasteiger partial charge in [0.2, 0.25) is 0 Å². The molecular weight excluding hydrogens is 344 g/mol. The summed E-state index contributed by atoms with van der Waals surface area (Å²) in [5, 5.41) is 0. The number of hydrogen-bond acceptors (Lipinski definition) is 5. The van der Waals surface area contributed by atoms with Crippen LogP contribution in [0.2, 0.25) is 0 Å². The zero-order chi connectivity index (χ0) is 20.5. The molecule has 148 valence electrons. The number of esters is 2. The van der Waals surface area contributed by atoms with Crippen molar-refractivity contribution < 1.29 is 23.8 Å². The molecule has 27 heavy (non-hydrogen) atoms. The number of ether oxygens (including phenoxy) is 3. The zero-order valence-corrected chi connectivity index (χ0v) is 16.3. The van der Waals surface area contributed by atoms with Crippen molar-refractivity contribution >= 4 is 18.0 Å². The SMILES string of the molecule is C=C(C)C(=O)OCC1CO1.C=CC(=O)OCCCC.C=Cc1ccccc1. The lowest BCUT2D eigenvalue weighted by atomic mass is 10.2. The van der Waals surface area contributed by atoms with Gasteiger partial charge in [0.25, 0.3) is 0 Å². The maximum Gasteiger partial charge on any atom is 0.333 e. The van der Waals surface area contributed by atoms with Crippen LogP contribution >= 0.6 is 0 Å². The average Bonchev–Trinajstić information content (AvgIpc) is 3.52. The molecule has 2 rings (SSSR count). The molecule has 5 nitrogen and oxygen atoms in total. The highest BCUT2D eigenvalue weighted by Crippen LogP contribution is 2.09. The van der Waals surface area contributed by atoms with Gasteiger partial charge in [-0.25, -0.2) is 9.59 Å². The molecule has 1 aromatic rings. The van der Waals surface area contributed by atoms with E-state index in [1.807, 2.05) is 43.3 Å². The normalized spacial score (nSPS) is 13.5. The second kappa shape index (κ2) is 15.6. The van der Waals surface area contributed by atoms with Crippen LogP contribution in [0.3, 0.4) is 0 Å². The molecule has 1 aromatic carbocycles. The van der Waals surface area contributed by atoms with Gasteiger partial charge in [0.15, 0.2) is 0 Å². The first kappa shape index (κ1) is 24.3. The highest BCUT2D eigenvalue weighted by Gasteiger charge is 2.24. The van der Waals surface area contributed by atoms with Gasteiger partial charge in [0, 0.05) is 11.6 Å². The third kappa shape index (κ3) is 15.3. The molecule has 0 amide bonds. The highest BCUT2D eigenvalue weighted by molar-refractivity contribution is 5.86. The predicted octanol–water partition coefficient (Wildman–Crippen LogP) is 4.35. The van der Waals surface area contributed by atoms with E-state index in [1.165, 1.54) is 11.6 Å². The van der Waals surface area contributed by atoms with Crippen molar-refractivity contribution in [2.75, 3.05) is 19.8 Å². The molecule has 0 N–H and O–H groups in total. The van der Waals surface area contributed by atoms with Crippen LogP contribution in [-0.2, 0) is 23.8 Å². The number of unbranched alkanes of at least 4 members (excludes halogenated alkanes) is 1. The standard InChI is InChI=1S/C8H8.C7H10O3.C7H12O2/c1-2-8-6-4-3-5-7-8;1-5(2)7(8)10-4-6-3-9-6;1-3-5-6-9-7(8)4-2/h2-7H,1H2;6H,1,3-4H2,2H3;4H,2-3,5-6H2,1H3. The molecule has 0 saturated carbocycles. The van der Waals surface area contributed by atoms with Crippen molar-refractivity contribution in [2.45, 2.75) is 32.8 Å². The fourth-order valence-electron chi connectivity index (χ4n) is 1.42. The Morgan fingerprint density at radius 3 is 2.26 bits per heavy atom. The summed E-state index contributed by atoms with van der Waals surface area (Å²) < 4.78 is 14.3. The van der Waals surface area contributed by atoms with Crippen molar-refractivity contribution in [1.29, 1.82) is 0 Å².